The summed E-state index contributed by atoms with van der Waals surface area (Å²) in [6.07, 6.45) is 1.59. The molecule has 2 aliphatic rings. The van der Waals surface area contributed by atoms with Crippen LogP contribution >= 0.6 is 0 Å². The topological polar surface area (TPSA) is 142 Å². The second kappa shape index (κ2) is 8.57. The fourth-order valence-electron chi connectivity index (χ4n) is 4.22. The number of amides is 1. The third-order valence-corrected chi connectivity index (χ3v) is 6.32. The largest absolute Gasteiger partial charge is 0.443 e. The van der Waals surface area contributed by atoms with Crippen molar-refractivity contribution in [3.63, 3.8) is 0 Å². The summed E-state index contributed by atoms with van der Waals surface area (Å²) in [4.78, 5) is 16.4. The SMILES string of the molecule is COCc1cc2c(Nc3cc([C@H]4CC[C@@H](OC(=O)NC5(C)CC5)[C@H]4F)[nH]n3)nc(C#N)cn2n1. The molecule has 0 saturated heterocycles. The number of carbonyl (C=O) groups excluding carboxylic acids is 1. The number of H-pyrrole nitrogens is 1. The number of nitrogens with zero attached hydrogens (tertiary/aromatic N) is 5. The van der Waals surface area contributed by atoms with Crippen LogP contribution in [0.25, 0.3) is 5.52 Å². The molecule has 3 aromatic rings. The minimum atomic E-state index is -1.34. The molecular weight excluding hydrogens is 443 g/mol. The Morgan fingerprint density at radius 3 is 2.97 bits per heavy atom. The molecule has 2 fully saturated rings. The second-order valence-electron chi connectivity index (χ2n) is 9.08. The van der Waals surface area contributed by atoms with Gasteiger partial charge in [0.2, 0.25) is 0 Å². The highest BCUT2D eigenvalue weighted by Gasteiger charge is 2.43. The lowest BCUT2D eigenvalue weighted by atomic mass is 10.0. The molecule has 0 aromatic carbocycles. The minimum Gasteiger partial charge on any atom is -0.443 e. The third kappa shape index (κ3) is 4.38. The maximum atomic E-state index is 15.1. The van der Waals surface area contributed by atoms with Crippen molar-refractivity contribution >= 4 is 23.2 Å². The van der Waals surface area contributed by atoms with Crippen LogP contribution in [-0.4, -0.2) is 55.8 Å². The second-order valence-corrected chi connectivity index (χ2v) is 9.08. The number of alkyl carbamates (subject to hydrolysis) is 1. The van der Waals surface area contributed by atoms with Gasteiger partial charge in [-0.15, -0.1) is 0 Å². The Bertz CT molecular complexity index is 1260. The number of nitriles is 1. The summed E-state index contributed by atoms with van der Waals surface area (Å²) in [5, 5.41) is 26.7. The van der Waals surface area contributed by atoms with E-state index in [1.54, 1.807) is 23.8 Å². The van der Waals surface area contributed by atoms with E-state index >= 15 is 4.39 Å². The van der Waals surface area contributed by atoms with Gasteiger partial charge in [-0.3, -0.25) is 5.10 Å². The standard InChI is InChI=1S/C22H25FN8O3/c1-22(5-6-22)27-21(32)34-17-4-3-14(19(17)23)15-8-18(29-28-15)26-20-16-7-12(11-33-2)30-31(16)10-13(9-24)25-20/h7-8,10,14,17,19H,3-6,11H2,1-2H3,(H,27,32)(H2,25,26,28,29)/t14-,17-,19+/m1/s1. The molecule has 5 rings (SSSR count). The van der Waals surface area contributed by atoms with Gasteiger partial charge < -0.3 is 20.1 Å². The van der Waals surface area contributed by atoms with Crippen molar-refractivity contribution in [2.75, 3.05) is 12.4 Å². The fourth-order valence-corrected chi connectivity index (χ4v) is 4.22. The van der Waals surface area contributed by atoms with Crippen LogP contribution in [0.5, 0.6) is 0 Å². The number of hydrogen-bond donors (Lipinski definition) is 3. The summed E-state index contributed by atoms with van der Waals surface area (Å²) in [5.41, 5.74) is 1.88. The normalized spacial score (nSPS) is 22.9. The first kappa shape index (κ1) is 22.1. The van der Waals surface area contributed by atoms with Crippen LogP contribution in [-0.2, 0) is 16.1 Å². The van der Waals surface area contributed by atoms with E-state index in [1.807, 2.05) is 13.0 Å². The molecule has 0 spiro atoms. The summed E-state index contributed by atoms with van der Waals surface area (Å²) in [7, 11) is 1.57. The Labute approximate surface area is 194 Å². The molecule has 3 heterocycles. The number of aromatic amines is 1. The van der Waals surface area contributed by atoms with Crippen LogP contribution < -0.4 is 10.6 Å². The molecule has 0 radical (unpaired) electrons. The van der Waals surface area contributed by atoms with E-state index in [0.29, 0.717) is 48.0 Å². The molecule has 3 N–H and O–H groups in total. The van der Waals surface area contributed by atoms with Crippen LogP contribution in [0.4, 0.5) is 20.8 Å². The molecule has 1 amide bonds. The molecule has 3 aromatic heterocycles. The number of fused-ring (bicyclic) bond motifs is 1. The van der Waals surface area contributed by atoms with Crippen molar-refractivity contribution < 1.29 is 18.7 Å². The van der Waals surface area contributed by atoms with E-state index in [0.717, 1.165) is 12.8 Å². The number of nitrogens with one attached hydrogen (secondary N) is 3. The monoisotopic (exact) mass is 468 g/mol. The lowest BCUT2D eigenvalue weighted by Gasteiger charge is -2.19. The average Bonchev–Trinajstić information content (AvgIpc) is 3.14. The number of rotatable bonds is 7. The van der Waals surface area contributed by atoms with E-state index < -0.39 is 24.3 Å². The predicted molar refractivity (Wildman–Crippen MR) is 118 cm³/mol. The first-order chi connectivity index (χ1) is 16.4. The highest BCUT2D eigenvalue weighted by molar-refractivity contribution is 5.73. The highest BCUT2D eigenvalue weighted by atomic mass is 19.1. The smallest absolute Gasteiger partial charge is 0.407 e. The van der Waals surface area contributed by atoms with Gasteiger partial charge in [-0.2, -0.15) is 15.5 Å². The van der Waals surface area contributed by atoms with Crippen LogP contribution in [0.1, 0.15) is 55.6 Å². The molecule has 0 aliphatic heterocycles. The van der Waals surface area contributed by atoms with E-state index in [9.17, 15) is 10.1 Å². The number of halogens is 1. The van der Waals surface area contributed by atoms with Crippen molar-refractivity contribution in [3.8, 4) is 6.07 Å². The van der Waals surface area contributed by atoms with Gasteiger partial charge in [0.05, 0.1) is 18.5 Å². The van der Waals surface area contributed by atoms with Crippen molar-refractivity contribution in [2.45, 2.75) is 62.9 Å². The van der Waals surface area contributed by atoms with E-state index in [4.69, 9.17) is 9.47 Å². The van der Waals surface area contributed by atoms with Gasteiger partial charge in [-0.25, -0.2) is 18.7 Å². The van der Waals surface area contributed by atoms with Gasteiger partial charge in [0.25, 0.3) is 0 Å². The van der Waals surface area contributed by atoms with E-state index in [2.05, 4.69) is 30.9 Å². The number of aromatic nitrogens is 5. The Kier molecular flexibility index (Phi) is 5.57. The van der Waals surface area contributed by atoms with Gasteiger partial charge in [-0.05, 0) is 38.7 Å². The predicted octanol–water partition coefficient (Wildman–Crippen LogP) is 3.08. The van der Waals surface area contributed by atoms with E-state index in [1.165, 1.54) is 6.20 Å². The maximum absolute atomic E-state index is 15.1. The highest BCUT2D eigenvalue weighted by Crippen LogP contribution is 2.39. The lowest BCUT2D eigenvalue weighted by Crippen LogP contribution is -2.38. The average molecular weight is 468 g/mol. The van der Waals surface area contributed by atoms with Gasteiger partial charge in [-0.1, -0.05) is 0 Å². The number of hydrogen-bond acceptors (Lipinski definition) is 8. The Hall–Kier alpha value is -3.72. The Morgan fingerprint density at radius 1 is 1.41 bits per heavy atom. The molecule has 0 unspecified atom stereocenters. The van der Waals surface area contributed by atoms with Gasteiger partial charge in [0.15, 0.2) is 17.3 Å². The molecule has 12 heteroatoms. The maximum Gasteiger partial charge on any atom is 0.407 e. The van der Waals surface area contributed by atoms with Crippen molar-refractivity contribution in [1.29, 1.82) is 5.26 Å². The zero-order chi connectivity index (χ0) is 23.9. The summed E-state index contributed by atoms with van der Waals surface area (Å²) < 4.78 is 27.2. The third-order valence-electron chi connectivity index (χ3n) is 6.32. The number of alkyl halides is 1. The molecule has 2 saturated carbocycles. The molecule has 0 bridgehead atoms. The van der Waals surface area contributed by atoms with Gasteiger partial charge in [0, 0.05) is 30.3 Å². The molecule has 2 aliphatic carbocycles. The lowest BCUT2D eigenvalue weighted by molar-refractivity contribution is 0.0546. The van der Waals surface area contributed by atoms with Crippen LogP contribution in [0.2, 0.25) is 0 Å². The van der Waals surface area contributed by atoms with Crippen LogP contribution in [0.15, 0.2) is 18.3 Å². The number of carbonyl (C=O) groups is 1. The van der Waals surface area contributed by atoms with E-state index in [-0.39, 0.29) is 11.2 Å². The summed E-state index contributed by atoms with van der Waals surface area (Å²) >= 11 is 0. The molecule has 3 atom stereocenters. The van der Waals surface area contributed by atoms with Crippen molar-refractivity contribution in [2.24, 2.45) is 0 Å². The van der Waals surface area contributed by atoms with Gasteiger partial charge in [0.1, 0.15) is 23.9 Å². The molecule has 178 valence electrons. The zero-order valence-corrected chi connectivity index (χ0v) is 18.8. The molecule has 11 nitrogen and oxygen atoms in total. The first-order valence-corrected chi connectivity index (χ1v) is 11.1. The number of ether oxygens (including phenoxy) is 2. The Morgan fingerprint density at radius 2 is 2.24 bits per heavy atom. The van der Waals surface area contributed by atoms with Crippen LogP contribution in [0, 0.1) is 11.3 Å². The Balaban J connectivity index is 1.29. The van der Waals surface area contributed by atoms with Crippen molar-refractivity contribution in [1.82, 2.24) is 30.1 Å². The van der Waals surface area contributed by atoms with Crippen LogP contribution in [0.3, 0.4) is 0 Å². The number of anilines is 2. The first-order valence-electron chi connectivity index (χ1n) is 11.1. The van der Waals surface area contributed by atoms with Gasteiger partial charge >= 0.3 is 6.09 Å². The summed E-state index contributed by atoms with van der Waals surface area (Å²) in [6.45, 7) is 2.25. The summed E-state index contributed by atoms with van der Waals surface area (Å²) in [6, 6.07) is 5.52. The number of methoxy groups -OCH3 is 1. The van der Waals surface area contributed by atoms with Crippen molar-refractivity contribution in [3.05, 3.63) is 35.4 Å². The molecular formula is C22H25FN8O3. The quantitative estimate of drug-likeness (QED) is 0.480. The summed E-state index contributed by atoms with van der Waals surface area (Å²) in [5.74, 6) is 0.339. The minimum absolute atomic E-state index is 0.177. The zero-order valence-electron chi connectivity index (χ0n) is 18.8. The molecule has 34 heavy (non-hydrogen) atoms. The fraction of sp³-hybridized carbons (Fsp3) is 0.500.